The van der Waals surface area contributed by atoms with Gasteiger partial charge in [-0.25, -0.2) is 4.98 Å². The highest BCUT2D eigenvalue weighted by molar-refractivity contribution is 7.71. The van der Waals surface area contributed by atoms with Crippen molar-refractivity contribution in [2.75, 3.05) is 0 Å². The standard InChI is InChI=1S/C13H9F3N4S2/c1-20-11(13(14,15)16)6-8(19-20)10-3-2-9(22-10)7-4-5-17-12(21)18-7/h2-6H,1H3,(H,17,18,21). The van der Waals surface area contributed by atoms with Gasteiger partial charge in [0, 0.05) is 13.2 Å². The molecule has 22 heavy (non-hydrogen) atoms. The van der Waals surface area contributed by atoms with E-state index in [4.69, 9.17) is 12.2 Å². The van der Waals surface area contributed by atoms with Crippen molar-refractivity contribution in [2.45, 2.75) is 6.18 Å². The lowest BCUT2D eigenvalue weighted by Crippen LogP contribution is -2.11. The SMILES string of the molecule is Cn1nc(-c2ccc(-c3ccnc(=S)[nH]3)s2)cc1C(F)(F)F. The zero-order valence-corrected chi connectivity index (χ0v) is 12.8. The van der Waals surface area contributed by atoms with E-state index in [-0.39, 0.29) is 0 Å². The fraction of sp³-hybridized carbons (Fsp3) is 0.154. The van der Waals surface area contributed by atoms with Crippen LogP contribution in [-0.4, -0.2) is 19.7 Å². The van der Waals surface area contributed by atoms with Crippen molar-refractivity contribution in [3.05, 3.63) is 40.9 Å². The Morgan fingerprint density at radius 3 is 2.59 bits per heavy atom. The van der Waals surface area contributed by atoms with E-state index < -0.39 is 11.9 Å². The summed E-state index contributed by atoms with van der Waals surface area (Å²) in [4.78, 5) is 8.33. The summed E-state index contributed by atoms with van der Waals surface area (Å²) < 4.78 is 39.6. The normalized spacial score (nSPS) is 11.8. The molecule has 1 N–H and O–H groups in total. The maximum absolute atomic E-state index is 12.8. The van der Waals surface area contributed by atoms with Crippen LogP contribution < -0.4 is 0 Å². The molecule has 3 heterocycles. The fourth-order valence-corrected chi connectivity index (χ4v) is 3.10. The molecule has 0 aromatic carbocycles. The Morgan fingerprint density at radius 2 is 1.95 bits per heavy atom. The molecule has 0 bridgehead atoms. The molecule has 0 unspecified atom stereocenters. The van der Waals surface area contributed by atoms with Gasteiger partial charge in [-0.3, -0.25) is 4.68 Å². The van der Waals surface area contributed by atoms with Gasteiger partial charge < -0.3 is 4.98 Å². The van der Waals surface area contributed by atoms with Crippen LogP contribution in [0.25, 0.3) is 21.1 Å². The monoisotopic (exact) mass is 342 g/mol. The molecular formula is C13H9F3N4S2. The number of thiophene rings is 1. The van der Waals surface area contributed by atoms with Crippen LogP contribution in [0, 0.1) is 4.77 Å². The van der Waals surface area contributed by atoms with Crippen LogP contribution in [0.1, 0.15) is 5.69 Å². The Labute approximate surface area is 132 Å². The molecule has 0 radical (unpaired) electrons. The zero-order valence-electron chi connectivity index (χ0n) is 11.2. The molecule has 0 amide bonds. The smallest absolute Gasteiger partial charge is 0.330 e. The summed E-state index contributed by atoms with van der Waals surface area (Å²) in [5.74, 6) is 0. The summed E-state index contributed by atoms with van der Waals surface area (Å²) in [5.41, 5.74) is 0.280. The number of aryl methyl sites for hydroxylation is 1. The summed E-state index contributed by atoms with van der Waals surface area (Å²) in [6.45, 7) is 0. The highest BCUT2D eigenvalue weighted by Gasteiger charge is 2.35. The molecule has 0 aliphatic heterocycles. The van der Waals surface area contributed by atoms with Gasteiger partial charge in [0.25, 0.3) is 0 Å². The van der Waals surface area contributed by atoms with E-state index in [9.17, 15) is 13.2 Å². The van der Waals surface area contributed by atoms with Crippen molar-refractivity contribution in [3.63, 3.8) is 0 Å². The summed E-state index contributed by atoms with van der Waals surface area (Å²) in [7, 11) is 1.28. The second-order valence-electron chi connectivity index (χ2n) is 4.49. The molecule has 3 rings (SSSR count). The van der Waals surface area contributed by atoms with Gasteiger partial charge >= 0.3 is 6.18 Å². The predicted octanol–water partition coefficient (Wildman–Crippen LogP) is 4.29. The first-order chi connectivity index (χ1) is 10.3. The lowest BCUT2D eigenvalue weighted by Gasteiger charge is -2.04. The first-order valence-electron chi connectivity index (χ1n) is 6.12. The third-order valence-electron chi connectivity index (χ3n) is 2.97. The van der Waals surface area contributed by atoms with E-state index in [1.807, 2.05) is 6.07 Å². The summed E-state index contributed by atoms with van der Waals surface area (Å²) in [6.07, 6.45) is -2.84. The zero-order chi connectivity index (χ0) is 15.9. The number of rotatable bonds is 2. The minimum Gasteiger partial charge on any atom is -0.330 e. The number of aromatic amines is 1. The second kappa shape index (κ2) is 5.33. The molecule has 0 aliphatic rings. The second-order valence-corrected chi connectivity index (χ2v) is 5.96. The Bertz CT molecular complexity index is 876. The van der Waals surface area contributed by atoms with E-state index in [0.29, 0.717) is 15.3 Å². The number of nitrogens with zero attached hydrogens (tertiary/aromatic N) is 3. The first kappa shape index (κ1) is 14.9. The number of aromatic nitrogens is 4. The minimum absolute atomic E-state index is 0.290. The average molecular weight is 342 g/mol. The van der Waals surface area contributed by atoms with Crippen LogP contribution in [0.2, 0.25) is 0 Å². The van der Waals surface area contributed by atoms with Crippen LogP contribution in [0.5, 0.6) is 0 Å². The number of halogens is 3. The molecule has 3 aromatic heterocycles. The van der Waals surface area contributed by atoms with Gasteiger partial charge in [-0.2, -0.15) is 18.3 Å². The first-order valence-corrected chi connectivity index (χ1v) is 7.34. The Balaban J connectivity index is 2.00. The number of H-pyrrole nitrogens is 1. The highest BCUT2D eigenvalue weighted by Crippen LogP contribution is 2.36. The lowest BCUT2D eigenvalue weighted by atomic mass is 10.3. The minimum atomic E-state index is -4.42. The summed E-state index contributed by atoms with van der Waals surface area (Å²) >= 11 is 6.29. The van der Waals surface area contributed by atoms with Gasteiger partial charge in [-0.1, -0.05) is 0 Å². The molecular weight excluding hydrogens is 333 g/mol. The van der Waals surface area contributed by atoms with Gasteiger partial charge in [0.2, 0.25) is 0 Å². The molecule has 0 spiro atoms. The fourth-order valence-electron chi connectivity index (χ4n) is 1.99. The third kappa shape index (κ3) is 2.81. The van der Waals surface area contributed by atoms with Crippen molar-refractivity contribution in [3.8, 4) is 21.1 Å². The van der Waals surface area contributed by atoms with E-state index in [0.717, 1.165) is 21.3 Å². The van der Waals surface area contributed by atoms with Crippen LogP contribution in [0.4, 0.5) is 13.2 Å². The summed E-state index contributed by atoms with van der Waals surface area (Å²) in [5, 5.41) is 3.94. The Kier molecular flexibility index (Phi) is 3.61. The number of hydrogen-bond donors (Lipinski definition) is 1. The van der Waals surface area contributed by atoms with Crippen LogP contribution in [0.3, 0.4) is 0 Å². The maximum Gasteiger partial charge on any atom is 0.433 e. The third-order valence-corrected chi connectivity index (χ3v) is 4.32. The van der Waals surface area contributed by atoms with Crippen molar-refractivity contribution in [1.29, 1.82) is 0 Å². The van der Waals surface area contributed by atoms with E-state index >= 15 is 0 Å². The maximum atomic E-state index is 12.8. The number of nitrogens with one attached hydrogen (secondary N) is 1. The molecule has 9 heteroatoms. The lowest BCUT2D eigenvalue weighted by molar-refractivity contribution is -0.143. The van der Waals surface area contributed by atoms with Crippen molar-refractivity contribution in [2.24, 2.45) is 7.05 Å². The molecule has 0 fully saturated rings. The van der Waals surface area contributed by atoms with Gasteiger partial charge in [0.1, 0.15) is 11.4 Å². The largest absolute Gasteiger partial charge is 0.433 e. The van der Waals surface area contributed by atoms with Crippen LogP contribution in [0.15, 0.2) is 30.5 Å². The number of alkyl halides is 3. The van der Waals surface area contributed by atoms with Crippen molar-refractivity contribution in [1.82, 2.24) is 19.7 Å². The van der Waals surface area contributed by atoms with Gasteiger partial charge in [-0.05, 0) is 36.5 Å². The van der Waals surface area contributed by atoms with Crippen LogP contribution >= 0.6 is 23.6 Å². The summed E-state index contributed by atoms with van der Waals surface area (Å²) in [6, 6.07) is 6.34. The topological polar surface area (TPSA) is 46.5 Å². The molecule has 4 nitrogen and oxygen atoms in total. The number of hydrogen-bond acceptors (Lipinski definition) is 4. The van der Waals surface area contributed by atoms with E-state index in [2.05, 4.69) is 15.1 Å². The molecule has 114 valence electrons. The molecule has 0 saturated carbocycles. The van der Waals surface area contributed by atoms with Gasteiger partial charge in [0.15, 0.2) is 4.77 Å². The quantitative estimate of drug-likeness (QED) is 0.707. The Hall–Kier alpha value is -2.00. The Morgan fingerprint density at radius 1 is 1.23 bits per heavy atom. The van der Waals surface area contributed by atoms with Gasteiger partial charge in [-0.15, -0.1) is 11.3 Å². The average Bonchev–Trinajstić information content (AvgIpc) is 3.04. The predicted molar refractivity (Wildman–Crippen MR) is 79.9 cm³/mol. The van der Waals surface area contributed by atoms with Crippen molar-refractivity contribution < 1.29 is 13.2 Å². The van der Waals surface area contributed by atoms with Crippen LogP contribution in [-0.2, 0) is 13.2 Å². The molecule has 0 saturated heterocycles. The van der Waals surface area contributed by atoms with Crippen molar-refractivity contribution >= 4 is 23.6 Å². The molecule has 0 atom stereocenters. The van der Waals surface area contributed by atoms with Gasteiger partial charge in [0.05, 0.1) is 15.4 Å². The van der Waals surface area contributed by atoms with E-state index in [1.165, 1.54) is 18.4 Å². The molecule has 3 aromatic rings. The highest BCUT2D eigenvalue weighted by atomic mass is 32.1. The van der Waals surface area contributed by atoms with E-state index in [1.54, 1.807) is 18.3 Å². The molecule has 0 aliphatic carbocycles.